The van der Waals surface area contributed by atoms with E-state index in [0.29, 0.717) is 6.42 Å². The molecule has 0 bridgehead atoms. The Hall–Kier alpha value is -2.62. The SMILES string of the molecule is CC(=O)N[C@H](Cc1c[nH]c2ccccc12)C(=O)C1=CC=CCC1. The molecule has 0 saturated carbocycles. The second kappa shape index (κ2) is 6.65. The molecule has 1 aromatic carbocycles. The zero-order valence-corrected chi connectivity index (χ0v) is 13.1. The molecule has 1 atom stereocenters. The molecule has 0 unspecified atom stereocenters. The van der Waals surface area contributed by atoms with Gasteiger partial charge in [0.1, 0.15) is 0 Å². The highest BCUT2D eigenvalue weighted by Gasteiger charge is 2.24. The predicted octanol–water partition coefficient (Wildman–Crippen LogP) is 3.06. The number of hydrogen-bond donors (Lipinski definition) is 2. The monoisotopic (exact) mass is 308 g/mol. The van der Waals surface area contributed by atoms with Crippen LogP contribution in [-0.2, 0) is 16.0 Å². The maximum Gasteiger partial charge on any atom is 0.217 e. The number of ketones is 1. The van der Waals surface area contributed by atoms with Crippen LogP contribution in [-0.4, -0.2) is 22.7 Å². The molecule has 3 rings (SSSR count). The molecule has 118 valence electrons. The van der Waals surface area contributed by atoms with Gasteiger partial charge in [-0.15, -0.1) is 0 Å². The van der Waals surface area contributed by atoms with E-state index in [0.717, 1.165) is 34.9 Å². The van der Waals surface area contributed by atoms with Gasteiger partial charge in [0.2, 0.25) is 5.91 Å². The van der Waals surface area contributed by atoms with Crippen LogP contribution >= 0.6 is 0 Å². The standard InChI is InChI=1S/C19H20N2O2/c1-13(22)21-18(19(23)14-7-3-2-4-8-14)11-15-12-20-17-10-6-5-9-16(15)17/h2-3,5-7,9-10,12,18,20H,4,8,11H2,1H3,(H,21,22)/t18-/m1/s1. The number of para-hydroxylation sites is 1. The smallest absolute Gasteiger partial charge is 0.217 e. The van der Waals surface area contributed by atoms with Crippen molar-refractivity contribution in [3.63, 3.8) is 0 Å². The largest absolute Gasteiger partial charge is 0.361 e. The first-order valence-electron chi connectivity index (χ1n) is 7.87. The number of rotatable bonds is 5. The van der Waals surface area contributed by atoms with Crippen molar-refractivity contribution in [1.29, 1.82) is 0 Å². The van der Waals surface area contributed by atoms with Crippen molar-refractivity contribution in [1.82, 2.24) is 10.3 Å². The number of aromatic nitrogens is 1. The van der Waals surface area contributed by atoms with Gasteiger partial charge in [-0.2, -0.15) is 0 Å². The lowest BCUT2D eigenvalue weighted by atomic mass is 9.93. The van der Waals surface area contributed by atoms with Crippen LogP contribution in [0.1, 0.15) is 25.3 Å². The van der Waals surface area contributed by atoms with Crippen LogP contribution in [0.2, 0.25) is 0 Å². The fraction of sp³-hybridized carbons (Fsp3) is 0.263. The highest BCUT2D eigenvalue weighted by Crippen LogP contribution is 2.21. The van der Waals surface area contributed by atoms with Gasteiger partial charge in [0, 0.05) is 30.4 Å². The third-order valence-electron chi connectivity index (χ3n) is 4.12. The molecule has 0 radical (unpaired) electrons. The van der Waals surface area contributed by atoms with Gasteiger partial charge >= 0.3 is 0 Å². The summed E-state index contributed by atoms with van der Waals surface area (Å²) in [5, 5.41) is 3.90. The zero-order chi connectivity index (χ0) is 16.2. The van der Waals surface area contributed by atoms with Gasteiger partial charge in [0.05, 0.1) is 6.04 Å². The number of allylic oxidation sites excluding steroid dienone is 3. The van der Waals surface area contributed by atoms with Crippen LogP contribution in [0.5, 0.6) is 0 Å². The molecule has 2 N–H and O–H groups in total. The van der Waals surface area contributed by atoms with Crippen molar-refractivity contribution in [2.24, 2.45) is 0 Å². The Labute approximate surface area is 135 Å². The topological polar surface area (TPSA) is 62.0 Å². The van der Waals surface area contributed by atoms with E-state index in [1.807, 2.05) is 48.7 Å². The second-order valence-electron chi connectivity index (χ2n) is 5.84. The first-order valence-corrected chi connectivity index (χ1v) is 7.87. The van der Waals surface area contributed by atoms with E-state index >= 15 is 0 Å². The van der Waals surface area contributed by atoms with E-state index < -0.39 is 6.04 Å². The molecule has 0 spiro atoms. The number of nitrogens with one attached hydrogen (secondary N) is 2. The summed E-state index contributed by atoms with van der Waals surface area (Å²) in [6.07, 6.45) is 9.83. The average molecular weight is 308 g/mol. The van der Waals surface area contributed by atoms with Crippen molar-refractivity contribution in [3.8, 4) is 0 Å². The van der Waals surface area contributed by atoms with Crippen LogP contribution < -0.4 is 5.32 Å². The minimum atomic E-state index is -0.524. The molecular weight excluding hydrogens is 288 g/mol. The molecule has 1 aliphatic carbocycles. The molecule has 0 fully saturated rings. The summed E-state index contributed by atoms with van der Waals surface area (Å²) in [7, 11) is 0. The van der Waals surface area contributed by atoms with Crippen molar-refractivity contribution in [3.05, 3.63) is 59.8 Å². The number of carbonyl (C=O) groups excluding carboxylic acids is 2. The Balaban J connectivity index is 1.87. The maximum atomic E-state index is 12.8. The minimum Gasteiger partial charge on any atom is -0.361 e. The molecule has 0 saturated heterocycles. The summed E-state index contributed by atoms with van der Waals surface area (Å²) in [4.78, 5) is 27.5. The molecule has 0 aliphatic heterocycles. The Morgan fingerprint density at radius 3 is 2.87 bits per heavy atom. The number of benzene rings is 1. The highest BCUT2D eigenvalue weighted by atomic mass is 16.2. The lowest BCUT2D eigenvalue weighted by molar-refractivity contribution is -0.124. The van der Waals surface area contributed by atoms with Crippen molar-refractivity contribution >= 4 is 22.6 Å². The summed E-state index contributed by atoms with van der Waals surface area (Å²) < 4.78 is 0. The molecule has 1 aliphatic rings. The van der Waals surface area contributed by atoms with E-state index in [1.165, 1.54) is 6.92 Å². The lowest BCUT2D eigenvalue weighted by Crippen LogP contribution is -2.42. The summed E-state index contributed by atoms with van der Waals surface area (Å²) in [6.45, 7) is 1.45. The van der Waals surface area contributed by atoms with Gasteiger partial charge in [0.25, 0.3) is 0 Å². The normalized spacial score (nSPS) is 15.3. The molecule has 23 heavy (non-hydrogen) atoms. The third kappa shape index (κ3) is 3.42. The average Bonchev–Trinajstić information content (AvgIpc) is 2.97. The van der Waals surface area contributed by atoms with Gasteiger partial charge in [0.15, 0.2) is 5.78 Å². The Morgan fingerprint density at radius 2 is 2.13 bits per heavy atom. The van der Waals surface area contributed by atoms with Crippen LogP contribution in [0.15, 0.2) is 54.3 Å². The third-order valence-corrected chi connectivity index (χ3v) is 4.12. The van der Waals surface area contributed by atoms with Gasteiger partial charge < -0.3 is 10.3 Å². The van der Waals surface area contributed by atoms with E-state index in [4.69, 9.17) is 0 Å². The Morgan fingerprint density at radius 1 is 1.30 bits per heavy atom. The first-order chi connectivity index (χ1) is 11.1. The molecule has 1 amide bonds. The van der Waals surface area contributed by atoms with Gasteiger partial charge in [-0.05, 0) is 30.0 Å². The van der Waals surface area contributed by atoms with E-state index in [9.17, 15) is 9.59 Å². The van der Waals surface area contributed by atoms with Crippen molar-refractivity contribution in [2.75, 3.05) is 0 Å². The van der Waals surface area contributed by atoms with Crippen molar-refractivity contribution in [2.45, 2.75) is 32.2 Å². The second-order valence-corrected chi connectivity index (χ2v) is 5.84. The molecule has 2 aromatic rings. The minimum absolute atomic E-state index is 0.00910. The fourth-order valence-electron chi connectivity index (χ4n) is 3.01. The summed E-state index contributed by atoms with van der Waals surface area (Å²) in [5.41, 5.74) is 2.86. The molecule has 1 aromatic heterocycles. The molecular formula is C19H20N2O2. The van der Waals surface area contributed by atoms with Gasteiger partial charge in [-0.1, -0.05) is 36.4 Å². The number of carbonyl (C=O) groups is 2. The summed E-state index contributed by atoms with van der Waals surface area (Å²) in [5.74, 6) is -0.176. The lowest BCUT2D eigenvalue weighted by Gasteiger charge is -2.19. The number of amides is 1. The van der Waals surface area contributed by atoms with E-state index in [-0.39, 0.29) is 11.7 Å². The Bertz CT molecular complexity index is 799. The first kappa shape index (κ1) is 15.3. The maximum absolute atomic E-state index is 12.8. The van der Waals surface area contributed by atoms with Crippen molar-refractivity contribution < 1.29 is 9.59 Å². The molecule has 1 heterocycles. The Kier molecular flexibility index (Phi) is 4.42. The number of aromatic amines is 1. The number of fused-ring (bicyclic) bond motifs is 1. The predicted molar refractivity (Wildman–Crippen MR) is 91.1 cm³/mol. The number of Topliss-reactive ketones (excluding diaryl/α,β-unsaturated/α-hetero) is 1. The van der Waals surface area contributed by atoms with Crippen LogP contribution in [0.3, 0.4) is 0 Å². The van der Waals surface area contributed by atoms with Gasteiger partial charge in [-0.25, -0.2) is 0 Å². The number of hydrogen-bond acceptors (Lipinski definition) is 2. The van der Waals surface area contributed by atoms with E-state index in [2.05, 4.69) is 10.3 Å². The van der Waals surface area contributed by atoms with Crippen LogP contribution in [0, 0.1) is 0 Å². The van der Waals surface area contributed by atoms with Crippen LogP contribution in [0.4, 0.5) is 0 Å². The molecule has 4 heteroatoms. The van der Waals surface area contributed by atoms with Gasteiger partial charge in [-0.3, -0.25) is 9.59 Å². The highest BCUT2D eigenvalue weighted by molar-refractivity contribution is 6.02. The molecule has 4 nitrogen and oxygen atoms in total. The van der Waals surface area contributed by atoms with Crippen LogP contribution in [0.25, 0.3) is 10.9 Å². The summed E-state index contributed by atoms with van der Waals surface area (Å²) >= 11 is 0. The number of H-pyrrole nitrogens is 1. The summed E-state index contributed by atoms with van der Waals surface area (Å²) in [6, 6.07) is 7.45. The van der Waals surface area contributed by atoms with E-state index in [1.54, 1.807) is 0 Å². The fourth-order valence-corrected chi connectivity index (χ4v) is 3.01. The zero-order valence-electron chi connectivity index (χ0n) is 13.1. The quantitative estimate of drug-likeness (QED) is 0.891.